The molecule has 0 saturated heterocycles. The average molecular weight is 418 g/mol. The van der Waals surface area contributed by atoms with Crippen molar-refractivity contribution in [3.63, 3.8) is 0 Å². The van der Waals surface area contributed by atoms with Crippen molar-refractivity contribution < 1.29 is 18.0 Å². The lowest BCUT2D eigenvalue weighted by Crippen LogP contribution is -2.27. The molecule has 29 heavy (non-hydrogen) atoms. The molecule has 0 aliphatic heterocycles. The first kappa shape index (κ1) is 22.4. The molecule has 0 heterocycles. The maximum absolute atomic E-state index is 12.7. The van der Waals surface area contributed by atoms with E-state index < -0.39 is 15.9 Å². The molecule has 0 aliphatic rings. The van der Waals surface area contributed by atoms with Crippen molar-refractivity contribution in [3.05, 3.63) is 59.2 Å². The second-order valence-electron chi connectivity index (χ2n) is 7.14. The van der Waals surface area contributed by atoms with Crippen LogP contribution in [-0.4, -0.2) is 32.5 Å². The molecule has 0 unspecified atom stereocenters. The zero-order chi connectivity index (χ0) is 21.6. The van der Waals surface area contributed by atoms with Crippen molar-refractivity contribution in [2.75, 3.05) is 22.3 Å². The van der Waals surface area contributed by atoms with Crippen LogP contribution in [0.1, 0.15) is 47.1 Å². The Hall–Kier alpha value is -2.87. The Kier molecular flexibility index (Phi) is 7.39. The first-order chi connectivity index (χ1) is 13.6. The van der Waals surface area contributed by atoms with Gasteiger partial charge in [0.05, 0.1) is 17.0 Å². The number of hydrogen-bond acceptors (Lipinski definition) is 4. The van der Waals surface area contributed by atoms with Gasteiger partial charge in [0.2, 0.25) is 10.0 Å². The van der Waals surface area contributed by atoms with Crippen LogP contribution in [0.5, 0.6) is 0 Å². The molecule has 0 atom stereocenters. The maximum atomic E-state index is 12.7. The van der Waals surface area contributed by atoms with Gasteiger partial charge in [-0.25, -0.2) is 8.42 Å². The molecule has 0 radical (unpaired) electrons. The summed E-state index contributed by atoms with van der Waals surface area (Å²) in [6.45, 7) is 7.93. The predicted octanol–water partition coefficient (Wildman–Crippen LogP) is 3.39. The van der Waals surface area contributed by atoms with Gasteiger partial charge in [0, 0.05) is 17.8 Å². The van der Waals surface area contributed by atoms with Crippen molar-refractivity contribution in [1.82, 2.24) is 5.32 Å². The minimum atomic E-state index is -3.51. The Bertz CT molecular complexity index is 1000. The predicted molar refractivity (Wildman–Crippen MR) is 116 cm³/mol. The van der Waals surface area contributed by atoms with Gasteiger partial charge in [0.25, 0.3) is 11.8 Å². The Morgan fingerprint density at radius 3 is 2.31 bits per heavy atom. The molecule has 156 valence electrons. The summed E-state index contributed by atoms with van der Waals surface area (Å²) in [6, 6.07) is 11.4. The van der Waals surface area contributed by atoms with Crippen molar-refractivity contribution in [2.24, 2.45) is 5.92 Å². The highest BCUT2D eigenvalue weighted by Crippen LogP contribution is 2.21. The van der Waals surface area contributed by atoms with Gasteiger partial charge in [0.1, 0.15) is 0 Å². The number of anilines is 2. The molecule has 0 saturated carbocycles. The number of sulfonamides is 1. The lowest BCUT2D eigenvalue weighted by Gasteiger charge is -2.14. The Balaban J connectivity index is 2.19. The van der Waals surface area contributed by atoms with E-state index in [1.165, 1.54) is 13.0 Å². The van der Waals surface area contributed by atoms with E-state index >= 15 is 0 Å². The molecule has 2 amide bonds. The Labute approximate surface area is 172 Å². The zero-order valence-corrected chi connectivity index (χ0v) is 17.9. The molecule has 0 spiro atoms. The summed E-state index contributed by atoms with van der Waals surface area (Å²) in [5.74, 6) is -0.357. The highest BCUT2D eigenvalue weighted by Gasteiger charge is 2.16. The summed E-state index contributed by atoms with van der Waals surface area (Å²) in [5.41, 5.74) is 2.21. The van der Waals surface area contributed by atoms with Gasteiger partial charge in [-0.3, -0.25) is 14.3 Å². The second kappa shape index (κ2) is 9.56. The van der Waals surface area contributed by atoms with Crippen molar-refractivity contribution >= 4 is 33.2 Å². The van der Waals surface area contributed by atoms with E-state index in [1.807, 2.05) is 13.8 Å². The molecule has 8 heteroatoms. The van der Waals surface area contributed by atoms with Crippen LogP contribution in [0.15, 0.2) is 42.5 Å². The van der Waals surface area contributed by atoms with E-state index in [4.69, 9.17) is 0 Å². The van der Waals surface area contributed by atoms with Crippen LogP contribution in [0.4, 0.5) is 11.4 Å². The van der Waals surface area contributed by atoms with Gasteiger partial charge in [-0.2, -0.15) is 0 Å². The molecule has 7 nitrogen and oxygen atoms in total. The average Bonchev–Trinajstić information content (AvgIpc) is 2.67. The van der Waals surface area contributed by atoms with Crippen molar-refractivity contribution in [3.8, 4) is 0 Å². The van der Waals surface area contributed by atoms with E-state index in [-0.39, 0.29) is 22.9 Å². The fourth-order valence-electron chi connectivity index (χ4n) is 2.54. The normalized spacial score (nSPS) is 11.2. The summed E-state index contributed by atoms with van der Waals surface area (Å²) >= 11 is 0. The second-order valence-corrected chi connectivity index (χ2v) is 9.15. The number of rotatable bonds is 8. The third-order valence-electron chi connectivity index (χ3n) is 4.22. The number of amides is 2. The number of carbonyl (C=O) groups is 2. The van der Waals surface area contributed by atoms with E-state index in [1.54, 1.807) is 43.3 Å². The number of hydrogen-bond donors (Lipinski definition) is 3. The molecule has 0 fully saturated rings. The molecule has 2 rings (SSSR count). The smallest absolute Gasteiger partial charge is 0.257 e. The fraction of sp³-hybridized carbons (Fsp3) is 0.333. The molecule has 2 aromatic carbocycles. The minimum Gasteiger partial charge on any atom is -0.352 e. The number of benzene rings is 2. The van der Waals surface area contributed by atoms with Gasteiger partial charge in [-0.05, 0) is 55.7 Å². The lowest BCUT2D eigenvalue weighted by molar-refractivity contribution is 0.0948. The van der Waals surface area contributed by atoms with E-state index in [2.05, 4.69) is 15.4 Å². The fourth-order valence-corrected chi connectivity index (χ4v) is 3.20. The van der Waals surface area contributed by atoms with E-state index in [9.17, 15) is 18.0 Å². The molecule has 0 aliphatic carbocycles. The summed E-state index contributed by atoms with van der Waals surface area (Å²) in [6.07, 6.45) is 0. The molecule has 2 aromatic rings. The standard InChI is InChI=1S/C21H27N3O4S/c1-5-29(27,28)24-19-9-7-6-8-17(19)21(26)23-18-11-10-16(12-15(18)4)20(25)22-13-14(2)3/h6-12,14,24H,5,13H2,1-4H3,(H,22,25)(H,23,26). The molecular weight excluding hydrogens is 390 g/mol. The van der Waals surface area contributed by atoms with Gasteiger partial charge >= 0.3 is 0 Å². The largest absolute Gasteiger partial charge is 0.352 e. The third kappa shape index (κ3) is 6.32. The summed E-state index contributed by atoms with van der Waals surface area (Å²) < 4.78 is 26.2. The lowest BCUT2D eigenvalue weighted by atomic mass is 10.1. The third-order valence-corrected chi connectivity index (χ3v) is 5.52. The highest BCUT2D eigenvalue weighted by molar-refractivity contribution is 7.92. The minimum absolute atomic E-state index is 0.0948. The number of nitrogens with one attached hydrogen (secondary N) is 3. The monoisotopic (exact) mass is 417 g/mol. The number of carbonyl (C=O) groups excluding carboxylic acids is 2. The van der Waals surface area contributed by atoms with Gasteiger partial charge in [-0.1, -0.05) is 26.0 Å². The van der Waals surface area contributed by atoms with Crippen LogP contribution >= 0.6 is 0 Å². The van der Waals surface area contributed by atoms with Gasteiger partial charge < -0.3 is 10.6 Å². The van der Waals surface area contributed by atoms with Crippen LogP contribution < -0.4 is 15.4 Å². The van der Waals surface area contributed by atoms with Crippen LogP contribution in [0.2, 0.25) is 0 Å². The summed E-state index contributed by atoms with van der Waals surface area (Å²) in [7, 11) is -3.51. The first-order valence-electron chi connectivity index (χ1n) is 9.42. The Morgan fingerprint density at radius 1 is 1.00 bits per heavy atom. The van der Waals surface area contributed by atoms with Crippen molar-refractivity contribution in [1.29, 1.82) is 0 Å². The van der Waals surface area contributed by atoms with Crippen LogP contribution in [-0.2, 0) is 10.0 Å². The summed E-state index contributed by atoms with van der Waals surface area (Å²) in [4.78, 5) is 24.9. The van der Waals surface area contributed by atoms with E-state index in [0.29, 0.717) is 23.7 Å². The number of para-hydroxylation sites is 1. The molecule has 0 bridgehead atoms. The van der Waals surface area contributed by atoms with Crippen LogP contribution in [0.25, 0.3) is 0 Å². The van der Waals surface area contributed by atoms with Gasteiger partial charge in [-0.15, -0.1) is 0 Å². The maximum Gasteiger partial charge on any atom is 0.257 e. The quantitative estimate of drug-likeness (QED) is 0.612. The van der Waals surface area contributed by atoms with Crippen molar-refractivity contribution in [2.45, 2.75) is 27.7 Å². The number of aryl methyl sites for hydroxylation is 1. The molecular formula is C21H27N3O4S. The first-order valence-corrected chi connectivity index (χ1v) is 11.1. The summed E-state index contributed by atoms with van der Waals surface area (Å²) in [5, 5.41) is 5.64. The van der Waals surface area contributed by atoms with Crippen LogP contribution in [0, 0.1) is 12.8 Å². The van der Waals surface area contributed by atoms with Crippen LogP contribution in [0.3, 0.4) is 0 Å². The molecule has 3 N–H and O–H groups in total. The SMILES string of the molecule is CCS(=O)(=O)Nc1ccccc1C(=O)Nc1ccc(C(=O)NCC(C)C)cc1C. The highest BCUT2D eigenvalue weighted by atomic mass is 32.2. The Morgan fingerprint density at radius 2 is 1.69 bits per heavy atom. The van der Waals surface area contributed by atoms with E-state index in [0.717, 1.165) is 5.56 Å². The zero-order valence-electron chi connectivity index (χ0n) is 17.1. The topological polar surface area (TPSA) is 104 Å². The molecule has 0 aromatic heterocycles. The van der Waals surface area contributed by atoms with Gasteiger partial charge in [0.15, 0.2) is 0 Å².